The van der Waals surface area contributed by atoms with E-state index in [1.165, 1.54) is 19.3 Å². The van der Waals surface area contributed by atoms with Crippen molar-refractivity contribution in [3.63, 3.8) is 0 Å². The number of hydrogen-bond donors (Lipinski definition) is 0. The molecule has 2 amide bonds. The molecule has 3 aliphatic rings. The molecule has 2 aliphatic heterocycles. The van der Waals surface area contributed by atoms with Crippen LogP contribution in [0, 0.1) is 5.92 Å². The first-order chi connectivity index (χ1) is 9.20. The van der Waals surface area contributed by atoms with Crippen molar-refractivity contribution in [1.82, 2.24) is 9.80 Å². The summed E-state index contributed by atoms with van der Waals surface area (Å²) in [5, 5.41) is 0. The highest BCUT2D eigenvalue weighted by molar-refractivity contribution is 5.95. The third kappa shape index (κ3) is 2.26. The van der Waals surface area contributed by atoms with Crippen molar-refractivity contribution in [2.45, 2.75) is 64.0 Å². The van der Waals surface area contributed by atoms with Crippen LogP contribution >= 0.6 is 0 Å². The summed E-state index contributed by atoms with van der Waals surface area (Å²) < 4.78 is 0. The average molecular weight is 264 g/mol. The van der Waals surface area contributed by atoms with E-state index in [1.54, 1.807) is 4.90 Å². The molecule has 0 radical (unpaired) electrons. The second-order valence-corrected chi connectivity index (χ2v) is 6.29. The van der Waals surface area contributed by atoms with Gasteiger partial charge in [-0.1, -0.05) is 13.3 Å². The third-order valence-electron chi connectivity index (χ3n) is 5.28. The molecule has 0 N–H and O–H groups in total. The fraction of sp³-hybridized carbons (Fsp3) is 0.867. The van der Waals surface area contributed by atoms with Crippen LogP contribution in [0.15, 0.2) is 0 Å². The van der Waals surface area contributed by atoms with Gasteiger partial charge in [0.1, 0.15) is 12.6 Å². The molecule has 2 saturated heterocycles. The number of nitrogens with zero attached hydrogens (tertiary/aromatic N) is 2. The molecule has 1 atom stereocenters. The zero-order chi connectivity index (χ0) is 13.4. The maximum absolute atomic E-state index is 12.5. The summed E-state index contributed by atoms with van der Waals surface area (Å²) in [5.41, 5.74) is 0. The maximum Gasteiger partial charge on any atom is 0.246 e. The SMILES string of the molecule is CCC1CCC(N2CC(=O)N3CCCC3C2=O)CC1. The molecule has 0 aromatic rings. The first kappa shape index (κ1) is 12.9. The fourth-order valence-electron chi connectivity index (χ4n) is 4.00. The molecule has 3 rings (SSSR count). The minimum atomic E-state index is -0.134. The van der Waals surface area contributed by atoms with Gasteiger partial charge in [0.2, 0.25) is 11.8 Å². The summed E-state index contributed by atoms with van der Waals surface area (Å²) in [6.07, 6.45) is 7.70. The lowest BCUT2D eigenvalue weighted by Crippen LogP contribution is -2.60. The van der Waals surface area contributed by atoms with Crippen molar-refractivity contribution in [2.24, 2.45) is 5.92 Å². The van der Waals surface area contributed by atoms with Gasteiger partial charge >= 0.3 is 0 Å². The lowest BCUT2D eigenvalue weighted by Gasteiger charge is -2.43. The van der Waals surface area contributed by atoms with E-state index in [-0.39, 0.29) is 17.9 Å². The Morgan fingerprint density at radius 1 is 1.05 bits per heavy atom. The Bertz CT molecular complexity index is 374. The molecular formula is C15H24N2O2. The van der Waals surface area contributed by atoms with Gasteiger partial charge in [0.25, 0.3) is 0 Å². The normalized spacial score (nSPS) is 35.7. The predicted octanol–water partition coefficient (Wildman–Crippen LogP) is 1.79. The molecule has 4 nitrogen and oxygen atoms in total. The van der Waals surface area contributed by atoms with Gasteiger partial charge in [-0.05, 0) is 44.4 Å². The van der Waals surface area contributed by atoms with E-state index in [0.717, 1.165) is 38.1 Å². The Labute approximate surface area is 115 Å². The number of hydrogen-bond acceptors (Lipinski definition) is 2. The molecular weight excluding hydrogens is 240 g/mol. The standard InChI is InChI=1S/C15H24N2O2/c1-2-11-5-7-12(8-6-11)17-10-14(18)16-9-3-4-13(16)15(17)19/h11-13H,2-10H2,1H3. The molecule has 1 aliphatic carbocycles. The van der Waals surface area contributed by atoms with E-state index < -0.39 is 0 Å². The van der Waals surface area contributed by atoms with E-state index in [2.05, 4.69) is 6.92 Å². The van der Waals surface area contributed by atoms with Gasteiger partial charge in [-0.15, -0.1) is 0 Å². The fourth-order valence-corrected chi connectivity index (χ4v) is 4.00. The van der Waals surface area contributed by atoms with Crippen molar-refractivity contribution in [2.75, 3.05) is 13.1 Å². The van der Waals surface area contributed by atoms with Crippen LogP contribution in [0.25, 0.3) is 0 Å². The molecule has 0 aromatic heterocycles. The van der Waals surface area contributed by atoms with Crippen LogP contribution in [-0.4, -0.2) is 46.8 Å². The Morgan fingerprint density at radius 2 is 1.79 bits per heavy atom. The van der Waals surface area contributed by atoms with Crippen molar-refractivity contribution in [3.05, 3.63) is 0 Å². The number of carbonyl (C=O) groups excluding carboxylic acids is 2. The number of piperazine rings is 1. The van der Waals surface area contributed by atoms with Crippen molar-refractivity contribution < 1.29 is 9.59 Å². The van der Waals surface area contributed by atoms with Gasteiger partial charge in [0, 0.05) is 12.6 Å². The van der Waals surface area contributed by atoms with E-state index in [4.69, 9.17) is 0 Å². The van der Waals surface area contributed by atoms with Crippen molar-refractivity contribution >= 4 is 11.8 Å². The van der Waals surface area contributed by atoms with Crippen molar-refractivity contribution in [3.8, 4) is 0 Å². The maximum atomic E-state index is 12.5. The van der Waals surface area contributed by atoms with Crippen LogP contribution < -0.4 is 0 Å². The molecule has 0 spiro atoms. The molecule has 2 heterocycles. The van der Waals surface area contributed by atoms with Gasteiger partial charge in [0.15, 0.2) is 0 Å². The summed E-state index contributed by atoms with van der Waals surface area (Å²) in [7, 11) is 0. The number of fused-ring (bicyclic) bond motifs is 1. The summed E-state index contributed by atoms with van der Waals surface area (Å²) in [6.45, 7) is 3.36. The predicted molar refractivity (Wildman–Crippen MR) is 72.5 cm³/mol. The molecule has 1 saturated carbocycles. The lowest BCUT2D eigenvalue weighted by atomic mass is 9.83. The lowest BCUT2D eigenvalue weighted by molar-refractivity contribution is -0.156. The number of rotatable bonds is 2. The van der Waals surface area contributed by atoms with Crippen LogP contribution in [0.2, 0.25) is 0 Å². The highest BCUT2D eigenvalue weighted by atomic mass is 16.2. The first-order valence-electron chi connectivity index (χ1n) is 7.80. The van der Waals surface area contributed by atoms with E-state index in [9.17, 15) is 9.59 Å². The highest BCUT2D eigenvalue weighted by Crippen LogP contribution is 2.32. The van der Waals surface area contributed by atoms with Crippen LogP contribution in [0.3, 0.4) is 0 Å². The van der Waals surface area contributed by atoms with E-state index in [0.29, 0.717) is 12.6 Å². The van der Waals surface area contributed by atoms with E-state index in [1.807, 2.05) is 4.90 Å². The zero-order valence-electron chi connectivity index (χ0n) is 11.8. The minimum Gasteiger partial charge on any atom is -0.329 e. The molecule has 1 unspecified atom stereocenters. The Hall–Kier alpha value is -1.06. The van der Waals surface area contributed by atoms with Crippen LogP contribution in [0.4, 0.5) is 0 Å². The smallest absolute Gasteiger partial charge is 0.246 e. The molecule has 4 heteroatoms. The topological polar surface area (TPSA) is 40.6 Å². The molecule has 106 valence electrons. The molecule has 0 aromatic carbocycles. The number of carbonyl (C=O) groups is 2. The van der Waals surface area contributed by atoms with Gasteiger partial charge in [-0.2, -0.15) is 0 Å². The third-order valence-corrected chi connectivity index (χ3v) is 5.28. The van der Waals surface area contributed by atoms with Crippen LogP contribution in [0.1, 0.15) is 51.9 Å². The Balaban J connectivity index is 1.68. The van der Waals surface area contributed by atoms with E-state index >= 15 is 0 Å². The highest BCUT2D eigenvalue weighted by Gasteiger charge is 2.44. The minimum absolute atomic E-state index is 0.134. The molecule has 19 heavy (non-hydrogen) atoms. The van der Waals surface area contributed by atoms with Gasteiger partial charge in [-0.3, -0.25) is 9.59 Å². The average Bonchev–Trinajstić information content (AvgIpc) is 2.93. The van der Waals surface area contributed by atoms with Crippen molar-refractivity contribution in [1.29, 1.82) is 0 Å². The first-order valence-corrected chi connectivity index (χ1v) is 7.80. The van der Waals surface area contributed by atoms with Crippen LogP contribution in [-0.2, 0) is 9.59 Å². The second kappa shape index (κ2) is 5.14. The summed E-state index contributed by atoms with van der Waals surface area (Å²) in [4.78, 5) is 28.4. The number of amides is 2. The monoisotopic (exact) mass is 264 g/mol. The molecule has 0 bridgehead atoms. The van der Waals surface area contributed by atoms with Gasteiger partial charge in [0.05, 0.1) is 0 Å². The van der Waals surface area contributed by atoms with Crippen LogP contribution in [0.5, 0.6) is 0 Å². The summed E-state index contributed by atoms with van der Waals surface area (Å²) in [5.74, 6) is 1.21. The van der Waals surface area contributed by atoms with Gasteiger partial charge < -0.3 is 9.80 Å². The molecule has 3 fully saturated rings. The summed E-state index contributed by atoms with van der Waals surface area (Å²) in [6, 6.07) is 0.187. The Kier molecular flexibility index (Phi) is 3.50. The second-order valence-electron chi connectivity index (χ2n) is 6.29. The Morgan fingerprint density at radius 3 is 2.47 bits per heavy atom. The largest absolute Gasteiger partial charge is 0.329 e. The summed E-state index contributed by atoms with van der Waals surface area (Å²) >= 11 is 0. The van der Waals surface area contributed by atoms with Gasteiger partial charge in [-0.25, -0.2) is 0 Å². The quantitative estimate of drug-likeness (QED) is 0.763. The zero-order valence-corrected chi connectivity index (χ0v) is 11.8.